The van der Waals surface area contributed by atoms with Crippen LogP contribution in [0.5, 0.6) is 0 Å². The summed E-state index contributed by atoms with van der Waals surface area (Å²) in [5, 5.41) is 0. The van der Waals surface area contributed by atoms with Crippen LogP contribution in [-0.4, -0.2) is 10.4 Å². The number of halogens is 4. The molecule has 0 aliphatic rings. The van der Waals surface area contributed by atoms with Gasteiger partial charge in [-0.25, -0.2) is 0 Å². The zero-order chi connectivity index (χ0) is 10.8. The summed E-state index contributed by atoms with van der Waals surface area (Å²) in [5.41, 5.74) is -1.66. The van der Waals surface area contributed by atoms with Gasteiger partial charge in [-0.2, -0.15) is 13.2 Å². The first kappa shape index (κ1) is 11.1. The lowest BCUT2D eigenvalue weighted by atomic mass is 10.3. The fourth-order valence-electron chi connectivity index (χ4n) is 1.08. The highest BCUT2D eigenvalue weighted by atomic mass is 35.5. The smallest absolute Gasteiger partial charge is 0.303 e. The van der Waals surface area contributed by atoms with Gasteiger partial charge in [0.1, 0.15) is 5.69 Å². The van der Waals surface area contributed by atoms with Crippen molar-refractivity contribution < 1.29 is 13.2 Å². The lowest BCUT2D eigenvalue weighted by molar-refractivity contribution is -0.144. The molecule has 0 unspecified atom stereocenters. The Bertz CT molecular complexity index is 372. The Kier molecular flexibility index (Phi) is 3.21. The molecular formula is C8H7ClF3NO. The second-order valence-electron chi connectivity index (χ2n) is 2.59. The van der Waals surface area contributed by atoms with Crippen LogP contribution in [0.1, 0.15) is 5.69 Å². The highest BCUT2D eigenvalue weighted by Gasteiger charge is 2.33. The second-order valence-corrected chi connectivity index (χ2v) is 2.97. The number of hydrogen-bond acceptors (Lipinski definition) is 1. The highest BCUT2D eigenvalue weighted by Crippen LogP contribution is 2.27. The van der Waals surface area contributed by atoms with Crippen molar-refractivity contribution in [2.24, 2.45) is 0 Å². The van der Waals surface area contributed by atoms with Crippen molar-refractivity contribution in [1.82, 2.24) is 4.57 Å². The van der Waals surface area contributed by atoms with Crippen molar-refractivity contribution in [3.05, 3.63) is 34.2 Å². The summed E-state index contributed by atoms with van der Waals surface area (Å²) in [5.74, 6) is -0.0347. The van der Waals surface area contributed by atoms with Crippen molar-refractivity contribution in [3.8, 4) is 0 Å². The van der Waals surface area contributed by atoms with Crippen LogP contribution < -0.4 is 5.56 Å². The largest absolute Gasteiger partial charge is 0.431 e. The van der Waals surface area contributed by atoms with Crippen LogP contribution in [0.4, 0.5) is 13.2 Å². The van der Waals surface area contributed by atoms with Crippen molar-refractivity contribution in [2.45, 2.75) is 12.7 Å². The molecule has 0 aliphatic carbocycles. The molecule has 6 heteroatoms. The summed E-state index contributed by atoms with van der Waals surface area (Å²) in [6, 6.07) is 3.01. The van der Waals surface area contributed by atoms with Crippen LogP contribution in [0.15, 0.2) is 23.0 Å². The average Bonchev–Trinajstić information content (AvgIpc) is 2.07. The summed E-state index contributed by atoms with van der Waals surface area (Å²) < 4.78 is 37.7. The van der Waals surface area contributed by atoms with E-state index in [2.05, 4.69) is 0 Å². The standard InChI is InChI=1S/C8H7ClF3NO/c9-4-5-13-6(8(10,11)12)2-1-3-7(13)14/h1-3H,4-5H2. The molecule has 0 N–H and O–H groups in total. The van der Waals surface area contributed by atoms with Gasteiger partial charge in [0.25, 0.3) is 5.56 Å². The lowest BCUT2D eigenvalue weighted by Gasteiger charge is -2.13. The van der Waals surface area contributed by atoms with E-state index in [4.69, 9.17) is 11.6 Å². The Labute approximate surface area is 82.9 Å². The summed E-state index contributed by atoms with van der Waals surface area (Å²) in [4.78, 5) is 11.1. The monoisotopic (exact) mass is 225 g/mol. The van der Waals surface area contributed by atoms with E-state index in [1.807, 2.05) is 0 Å². The second kappa shape index (κ2) is 4.04. The van der Waals surface area contributed by atoms with Crippen molar-refractivity contribution >= 4 is 11.6 Å². The Morgan fingerprint density at radius 2 is 2.00 bits per heavy atom. The van der Waals surface area contributed by atoms with Crippen LogP contribution >= 0.6 is 11.6 Å². The van der Waals surface area contributed by atoms with Crippen LogP contribution in [0.25, 0.3) is 0 Å². The summed E-state index contributed by atoms with van der Waals surface area (Å²) in [6.45, 7) is -0.143. The predicted molar refractivity (Wildman–Crippen MR) is 46.4 cm³/mol. The molecule has 0 atom stereocenters. The molecule has 0 radical (unpaired) electrons. The Morgan fingerprint density at radius 1 is 1.36 bits per heavy atom. The molecule has 78 valence electrons. The first-order valence-electron chi connectivity index (χ1n) is 3.80. The molecule has 0 amide bonds. The third kappa shape index (κ3) is 2.29. The number of nitrogens with zero attached hydrogens (tertiary/aromatic N) is 1. The molecule has 1 rings (SSSR count). The first-order valence-corrected chi connectivity index (χ1v) is 4.33. The summed E-state index contributed by atoms with van der Waals surface area (Å²) >= 11 is 5.30. The van der Waals surface area contributed by atoms with E-state index >= 15 is 0 Å². The Morgan fingerprint density at radius 3 is 2.50 bits per heavy atom. The van der Waals surface area contributed by atoms with Gasteiger partial charge in [-0.05, 0) is 6.07 Å². The molecule has 0 saturated heterocycles. The maximum Gasteiger partial charge on any atom is 0.431 e. The summed E-state index contributed by atoms with van der Waals surface area (Å²) in [7, 11) is 0. The fraction of sp³-hybridized carbons (Fsp3) is 0.375. The SMILES string of the molecule is O=c1cccc(C(F)(F)F)n1CCCl. The molecule has 0 aliphatic heterocycles. The molecule has 0 spiro atoms. The lowest BCUT2D eigenvalue weighted by Crippen LogP contribution is -2.27. The average molecular weight is 226 g/mol. The third-order valence-corrected chi connectivity index (χ3v) is 1.82. The normalized spacial score (nSPS) is 11.7. The van der Waals surface area contributed by atoms with Gasteiger partial charge in [0, 0.05) is 18.5 Å². The number of alkyl halides is 4. The quantitative estimate of drug-likeness (QED) is 0.707. The van der Waals surface area contributed by atoms with E-state index in [1.165, 1.54) is 0 Å². The van der Waals surface area contributed by atoms with Gasteiger partial charge >= 0.3 is 6.18 Å². The number of pyridine rings is 1. The minimum atomic E-state index is -4.52. The minimum Gasteiger partial charge on any atom is -0.303 e. The van der Waals surface area contributed by atoms with Crippen molar-refractivity contribution in [2.75, 3.05) is 5.88 Å². The molecule has 0 saturated carbocycles. The molecule has 1 aromatic heterocycles. The maximum absolute atomic E-state index is 12.3. The van der Waals surface area contributed by atoms with Crippen LogP contribution in [-0.2, 0) is 12.7 Å². The van der Waals surface area contributed by atoms with E-state index in [0.29, 0.717) is 4.57 Å². The Hall–Kier alpha value is -0.970. The van der Waals surface area contributed by atoms with Crippen LogP contribution in [0.3, 0.4) is 0 Å². The highest BCUT2D eigenvalue weighted by molar-refractivity contribution is 6.17. The zero-order valence-electron chi connectivity index (χ0n) is 7.01. The van der Waals surface area contributed by atoms with E-state index in [-0.39, 0.29) is 12.4 Å². The molecule has 1 heterocycles. The van der Waals surface area contributed by atoms with Crippen molar-refractivity contribution in [1.29, 1.82) is 0 Å². The molecule has 1 aromatic rings. The van der Waals surface area contributed by atoms with Gasteiger partial charge in [0.05, 0.1) is 0 Å². The molecule has 0 fully saturated rings. The molecular weight excluding hydrogens is 219 g/mol. The predicted octanol–water partition coefficient (Wildman–Crippen LogP) is 2.11. The van der Waals surface area contributed by atoms with Gasteiger partial charge in [-0.15, -0.1) is 11.6 Å². The van der Waals surface area contributed by atoms with E-state index in [0.717, 1.165) is 18.2 Å². The zero-order valence-corrected chi connectivity index (χ0v) is 7.77. The fourth-order valence-corrected chi connectivity index (χ4v) is 1.25. The van der Waals surface area contributed by atoms with E-state index in [9.17, 15) is 18.0 Å². The molecule has 2 nitrogen and oxygen atoms in total. The molecule has 0 aromatic carbocycles. The third-order valence-electron chi connectivity index (χ3n) is 1.65. The van der Waals surface area contributed by atoms with Gasteiger partial charge < -0.3 is 4.57 Å². The van der Waals surface area contributed by atoms with Crippen LogP contribution in [0.2, 0.25) is 0 Å². The number of hydrogen-bond donors (Lipinski definition) is 0. The van der Waals surface area contributed by atoms with Gasteiger partial charge in [0.2, 0.25) is 0 Å². The van der Waals surface area contributed by atoms with Crippen molar-refractivity contribution in [3.63, 3.8) is 0 Å². The topological polar surface area (TPSA) is 22.0 Å². The van der Waals surface area contributed by atoms with E-state index in [1.54, 1.807) is 0 Å². The van der Waals surface area contributed by atoms with Gasteiger partial charge in [-0.1, -0.05) is 6.07 Å². The molecule has 14 heavy (non-hydrogen) atoms. The summed E-state index contributed by atoms with van der Waals surface area (Å²) in [6.07, 6.45) is -4.52. The van der Waals surface area contributed by atoms with E-state index < -0.39 is 17.4 Å². The molecule has 0 bridgehead atoms. The number of rotatable bonds is 2. The number of aromatic nitrogens is 1. The van der Waals surface area contributed by atoms with Gasteiger partial charge in [0.15, 0.2) is 0 Å². The van der Waals surface area contributed by atoms with Crippen LogP contribution in [0, 0.1) is 0 Å². The Balaban J connectivity index is 3.29. The minimum absolute atomic E-state index is 0.0347. The maximum atomic E-state index is 12.3. The van der Waals surface area contributed by atoms with Gasteiger partial charge in [-0.3, -0.25) is 4.79 Å². The first-order chi connectivity index (χ1) is 6.46.